The van der Waals surface area contributed by atoms with Gasteiger partial charge in [0.1, 0.15) is 0 Å². The van der Waals surface area contributed by atoms with Crippen LogP contribution in [0.15, 0.2) is 38.6 Å². The molecule has 0 saturated heterocycles. The highest BCUT2D eigenvalue weighted by atomic mass is 79.9. The summed E-state index contributed by atoms with van der Waals surface area (Å²) < 4.78 is 2.30. The second-order valence-electron chi connectivity index (χ2n) is 5.08. The van der Waals surface area contributed by atoms with Gasteiger partial charge < -0.3 is 10.2 Å². The van der Waals surface area contributed by atoms with Crippen LogP contribution in [0, 0.1) is 0 Å². The van der Waals surface area contributed by atoms with Crippen molar-refractivity contribution in [3.63, 3.8) is 0 Å². The van der Waals surface area contributed by atoms with Gasteiger partial charge in [-0.1, -0.05) is 13.0 Å². The molecule has 0 aliphatic carbocycles. The normalized spacial score (nSPS) is 12.4. The summed E-state index contributed by atoms with van der Waals surface area (Å²) in [5, 5.41) is 5.57. The molecule has 0 spiro atoms. The summed E-state index contributed by atoms with van der Waals surface area (Å²) in [6.07, 6.45) is 0. The molecule has 1 N–H and O–H groups in total. The van der Waals surface area contributed by atoms with E-state index >= 15 is 0 Å². The minimum atomic E-state index is 0.374. The molecule has 1 unspecified atom stereocenters. The van der Waals surface area contributed by atoms with Gasteiger partial charge in [0.05, 0.1) is 12.2 Å². The van der Waals surface area contributed by atoms with Crippen molar-refractivity contribution in [2.75, 3.05) is 18.5 Å². The molecule has 0 bridgehead atoms. The monoisotopic (exact) mass is 430 g/mol. The van der Waals surface area contributed by atoms with Crippen molar-refractivity contribution >= 4 is 48.9 Å². The van der Waals surface area contributed by atoms with E-state index in [4.69, 9.17) is 0 Å². The minimum absolute atomic E-state index is 0.374. The summed E-state index contributed by atoms with van der Waals surface area (Å²) >= 11 is 9.00. The van der Waals surface area contributed by atoms with Gasteiger partial charge in [0.15, 0.2) is 0 Å². The van der Waals surface area contributed by atoms with Crippen LogP contribution in [0.1, 0.15) is 30.3 Å². The van der Waals surface area contributed by atoms with Crippen LogP contribution >= 0.6 is 43.2 Å². The van der Waals surface area contributed by atoms with Crippen molar-refractivity contribution < 1.29 is 0 Å². The number of nitrogens with zero attached hydrogens (tertiary/aromatic N) is 1. The van der Waals surface area contributed by atoms with Gasteiger partial charge in [0.25, 0.3) is 0 Å². The van der Waals surface area contributed by atoms with Crippen LogP contribution in [-0.4, -0.2) is 13.6 Å². The van der Waals surface area contributed by atoms with E-state index in [9.17, 15) is 0 Å². The average Bonchev–Trinajstić information content (AvgIpc) is 2.84. The number of benzene rings is 1. The van der Waals surface area contributed by atoms with E-state index in [1.165, 1.54) is 16.1 Å². The highest BCUT2D eigenvalue weighted by Crippen LogP contribution is 2.30. The Hall–Kier alpha value is -0.360. The van der Waals surface area contributed by atoms with Crippen molar-refractivity contribution in [1.82, 2.24) is 5.32 Å². The highest BCUT2D eigenvalue weighted by Gasteiger charge is 2.11. The molecule has 5 heteroatoms. The molecule has 2 nitrogen and oxygen atoms in total. The first-order chi connectivity index (χ1) is 10.0. The highest BCUT2D eigenvalue weighted by molar-refractivity contribution is 9.10. The number of nitrogens with one attached hydrogen (secondary N) is 1. The van der Waals surface area contributed by atoms with Crippen molar-refractivity contribution in [2.24, 2.45) is 0 Å². The summed E-state index contributed by atoms with van der Waals surface area (Å²) in [5.74, 6) is 0. The second kappa shape index (κ2) is 7.77. The van der Waals surface area contributed by atoms with Gasteiger partial charge in [0.2, 0.25) is 0 Å². The molecule has 114 valence electrons. The maximum absolute atomic E-state index is 3.71. The fourth-order valence-corrected chi connectivity index (χ4v) is 4.48. The molecule has 2 rings (SSSR count). The summed E-state index contributed by atoms with van der Waals surface area (Å²) in [5.41, 5.74) is 2.52. The quantitative estimate of drug-likeness (QED) is 0.642. The number of thiophene rings is 1. The smallest absolute Gasteiger partial charge is 0.0520 e. The summed E-state index contributed by atoms with van der Waals surface area (Å²) in [4.78, 5) is 3.62. The molecule has 1 atom stereocenters. The molecule has 0 radical (unpaired) electrons. The Labute approximate surface area is 147 Å². The molecule has 2 aromatic rings. The molecule has 1 aromatic heterocycles. The third kappa shape index (κ3) is 4.55. The minimum Gasteiger partial charge on any atom is -0.369 e. The second-order valence-corrected chi connectivity index (χ2v) is 7.84. The zero-order valence-corrected chi connectivity index (χ0v) is 16.5. The lowest BCUT2D eigenvalue weighted by molar-refractivity contribution is 0.598. The van der Waals surface area contributed by atoms with Gasteiger partial charge in [-0.25, -0.2) is 0 Å². The van der Waals surface area contributed by atoms with Crippen molar-refractivity contribution in [2.45, 2.75) is 26.4 Å². The van der Waals surface area contributed by atoms with Crippen molar-refractivity contribution in [3.05, 3.63) is 49.0 Å². The largest absolute Gasteiger partial charge is 0.369 e. The van der Waals surface area contributed by atoms with Crippen LogP contribution < -0.4 is 10.2 Å². The van der Waals surface area contributed by atoms with Crippen LogP contribution in [0.4, 0.5) is 5.69 Å². The lowest BCUT2D eigenvalue weighted by Gasteiger charge is -2.22. The molecule has 0 aliphatic rings. The topological polar surface area (TPSA) is 15.3 Å². The lowest BCUT2D eigenvalue weighted by atomic mass is 10.1. The van der Waals surface area contributed by atoms with E-state index < -0.39 is 0 Å². The predicted molar refractivity (Wildman–Crippen MR) is 100 cm³/mol. The summed E-state index contributed by atoms with van der Waals surface area (Å²) in [6.45, 7) is 6.22. The summed E-state index contributed by atoms with van der Waals surface area (Å²) in [6, 6.07) is 9.16. The zero-order chi connectivity index (χ0) is 15.4. The number of rotatable bonds is 6. The van der Waals surface area contributed by atoms with Gasteiger partial charge in [-0.15, -0.1) is 11.3 Å². The Morgan fingerprint density at radius 2 is 2.05 bits per heavy atom. The first kappa shape index (κ1) is 17.0. The molecular formula is C16H20Br2N2S. The SMILES string of the molecule is CCNC(C)c1ccc(N(C)Cc2cc(Br)cs2)c(Br)c1. The third-order valence-corrected chi connectivity index (χ3v) is 5.73. The van der Waals surface area contributed by atoms with E-state index in [1.807, 2.05) is 0 Å². The van der Waals surface area contributed by atoms with Gasteiger partial charge in [-0.2, -0.15) is 0 Å². The Morgan fingerprint density at radius 3 is 2.62 bits per heavy atom. The first-order valence-corrected chi connectivity index (χ1v) is 9.44. The van der Waals surface area contributed by atoms with E-state index in [0.717, 1.165) is 22.0 Å². The molecule has 1 aromatic carbocycles. The van der Waals surface area contributed by atoms with Gasteiger partial charge in [-0.3, -0.25) is 0 Å². The van der Waals surface area contributed by atoms with Gasteiger partial charge >= 0.3 is 0 Å². The van der Waals surface area contributed by atoms with Crippen LogP contribution in [0.25, 0.3) is 0 Å². The molecule has 0 aliphatic heterocycles. The van der Waals surface area contributed by atoms with Crippen LogP contribution in [-0.2, 0) is 6.54 Å². The van der Waals surface area contributed by atoms with Crippen molar-refractivity contribution in [3.8, 4) is 0 Å². The fourth-order valence-electron chi connectivity index (χ4n) is 2.28. The van der Waals surface area contributed by atoms with E-state index in [1.54, 1.807) is 11.3 Å². The Kier molecular flexibility index (Phi) is 6.29. The Morgan fingerprint density at radius 1 is 1.29 bits per heavy atom. The maximum atomic E-state index is 3.71. The number of hydrogen-bond donors (Lipinski definition) is 1. The standard InChI is InChI=1S/C16H20Br2N2S/c1-4-19-11(2)12-5-6-16(15(18)7-12)20(3)9-14-8-13(17)10-21-14/h5-8,10-11,19H,4,9H2,1-3H3. The molecule has 1 heterocycles. The van der Waals surface area contributed by atoms with Gasteiger partial charge in [0, 0.05) is 32.3 Å². The van der Waals surface area contributed by atoms with Gasteiger partial charge in [-0.05, 0) is 69.1 Å². The molecule has 0 amide bonds. The van der Waals surface area contributed by atoms with E-state index in [0.29, 0.717) is 6.04 Å². The maximum Gasteiger partial charge on any atom is 0.0520 e. The van der Waals surface area contributed by atoms with Crippen molar-refractivity contribution in [1.29, 1.82) is 0 Å². The molecule has 21 heavy (non-hydrogen) atoms. The number of anilines is 1. The fraction of sp³-hybridized carbons (Fsp3) is 0.375. The number of halogens is 2. The van der Waals surface area contributed by atoms with Crippen LogP contribution in [0.5, 0.6) is 0 Å². The lowest BCUT2D eigenvalue weighted by Crippen LogP contribution is -2.19. The molecule has 0 fully saturated rings. The van der Waals surface area contributed by atoms with E-state index in [-0.39, 0.29) is 0 Å². The molecular weight excluding hydrogens is 412 g/mol. The zero-order valence-electron chi connectivity index (χ0n) is 12.5. The Balaban J connectivity index is 2.12. The Bertz CT molecular complexity index is 598. The first-order valence-electron chi connectivity index (χ1n) is 6.98. The average molecular weight is 432 g/mol. The molecule has 0 saturated carbocycles. The predicted octanol–water partition coefficient (Wildman–Crippen LogP) is 5.58. The summed E-state index contributed by atoms with van der Waals surface area (Å²) in [7, 11) is 2.13. The van der Waals surface area contributed by atoms with Crippen LogP contribution in [0.3, 0.4) is 0 Å². The number of hydrogen-bond acceptors (Lipinski definition) is 3. The van der Waals surface area contributed by atoms with E-state index in [2.05, 4.69) is 92.6 Å². The van der Waals surface area contributed by atoms with Crippen LogP contribution in [0.2, 0.25) is 0 Å². The third-order valence-electron chi connectivity index (χ3n) is 3.41.